The largest absolute Gasteiger partial charge is 0.457 e. The first-order valence-electron chi connectivity index (χ1n) is 11.8. The molecule has 1 aliphatic heterocycles. The maximum atomic E-state index is 13.9. The van der Waals surface area contributed by atoms with Gasteiger partial charge in [-0.2, -0.15) is 8.78 Å². The predicted molar refractivity (Wildman–Crippen MR) is 138 cm³/mol. The lowest BCUT2D eigenvalue weighted by Gasteiger charge is -2.35. The highest BCUT2D eigenvalue weighted by Crippen LogP contribution is 2.32. The topological polar surface area (TPSA) is 78.5 Å². The summed E-state index contributed by atoms with van der Waals surface area (Å²) in [4.78, 5) is 36.5. The zero-order valence-electron chi connectivity index (χ0n) is 19.9. The number of benzene rings is 3. The van der Waals surface area contributed by atoms with Crippen LogP contribution in [0, 0.1) is 0 Å². The maximum absolute atomic E-state index is 13.9. The third-order valence-corrected chi connectivity index (χ3v) is 6.28. The van der Waals surface area contributed by atoms with Crippen LogP contribution in [0.4, 0.5) is 14.7 Å². The summed E-state index contributed by atoms with van der Waals surface area (Å²) in [6, 6.07) is 19.4. The summed E-state index contributed by atoms with van der Waals surface area (Å²) in [6.07, 6.45) is 0.587. The average molecular weight is 503 g/mol. The summed E-state index contributed by atoms with van der Waals surface area (Å²) >= 11 is 0. The molecule has 1 saturated heterocycles. The summed E-state index contributed by atoms with van der Waals surface area (Å²) in [5.41, 5.74) is 0.713. The number of allylic oxidation sites excluding steroid dienone is 1. The van der Waals surface area contributed by atoms with Crippen molar-refractivity contribution in [1.29, 1.82) is 0 Å². The van der Waals surface area contributed by atoms with Crippen LogP contribution >= 0.6 is 0 Å². The lowest BCUT2D eigenvalue weighted by Crippen LogP contribution is -2.49. The molecule has 5 rings (SSSR count). The highest BCUT2D eigenvalue weighted by molar-refractivity contribution is 5.94. The Morgan fingerprint density at radius 3 is 2.43 bits per heavy atom. The Balaban J connectivity index is 1.22. The first-order chi connectivity index (χ1) is 17.8. The second-order valence-electron chi connectivity index (χ2n) is 8.67. The zero-order chi connectivity index (χ0) is 26.0. The maximum Gasteiger partial charge on any atom is 0.291 e. The minimum atomic E-state index is -3.15. The van der Waals surface area contributed by atoms with Crippen molar-refractivity contribution in [3.8, 4) is 11.5 Å². The van der Waals surface area contributed by atoms with E-state index in [0.29, 0.717) is 60.4 Å². The number of para-hydroxylation sites is 1. The third-order valence-electron chi connectivity index (χ3n) is 6.28. The van der Waals surface area contributed by atoms with Crippen LogP contribution in [0.1, 0.15) is 15.9 Å². The van der Waals surface area contributed by atoms with E-state index in [-0.39, 0.29) is 22.8 Å². The number of nitrogens with zero attached hydrogens (tertiary/aromatic N) is 3. The summed E-state index contributed by atoms with van der Waals surface area (Å²) in [5, 5.41) is 0.537. The summed E-state index contributed by atoms with van der Waals surface area (Å²) in [7, 11) is 0. The predicted octanol–water partition coefficient (Wildman–Crippen LogP) is 4.96. The Morgan fingerprint density at radius 1 is 0.973 bits per heavy atom. The number of H-pyrrole nitrogens is 1. The van der Waals surface area contributed by atoms with Crippen LogP contribution < -0.4 is 15.2 Å². The zero-order valence-corrected chi connectivity index (χ0v) is 19.9. The van der Waals surface area contributed by atoms with Crippen molar-refractivity contribution in [2.45, 2.75) is 5.92 Å². The van der Waals surface area contributed by atoms with Crippen LogP contribution in [0.5, 0.6) is 11.5 Å². The van der Waals surface area contributed by atoms with Crippen LogP contribution in [0.2, 0.25) is 0 Å². The standard InChI is InChI=1S/C28H24F2N4O3/c1-2-28(29,30)20-6-5-7-22(18-20)37-21-12-10-19(11-13-21)26(36)33-14-16-34(17-15-33)27-31-24-9-4-3-8-23(24)25(35)32-27/h2-13,18H,1,14-17H2,(H,31,32,35). The molecule has 4 aromatic rings. The lowest BCUT2D eigenvalue weighted by atomic mass is 10.1. The molecule has 0 radical (unpaired) electrons. The number of carbonyl (C=O) groups is 1. The number of hydrogen-bond donors (Lipinski definition) is 1. The molecule has 0 atom stereocenters. The smallest absolute Gasteiger partial charge is 0.291 e. The minimum absolute atomic E-state index is 0.126. The van der Waals surface area contributed by atoms with Gasteiger partial charge in [-0.3, -0.25) is 14.6 Å². The quantitative estimate of drug-likeness (QED) is 0.377. The Hall–Kier alpha value is -4.53. The highest BCUT2D eigenvalue weighted by Gasteiger charge is 2.27. The molecule has 1 amide bonds. The molecular formula is C28H24F2N4O3. The minimum Gasteiger partial charge on any atom is -0.457 e. The second kappa shape index (κ2) is 9.85. The van der Waals surface area contributed by atoms with Gasteiger partial charge >= 0.3 is 0 Å². The third kappa shape index (κ3) is 5.06. The first-order valence-corrected chi connectivity index (χ1v) is 11.8. The van der Waals surface area contributed by atoms with Gasteiger partial charge in [0.2, 0.25) is 5.95 Å². The van der Waals surface area contributed by atoms with E-state index in [1.807, 2.05) is 11.0 Å². The van der Waals surface area contributed by atoms with Crippen molar-refractivity contribution in [3.63, 3.8) is 0 Å². The average Bonchev–Trinajstić information content (AvgIpc) is 2.93. The van der Waals surface area contributed by atoms with Gasteiger partial charge in [-0.1, -0.05) is 30.8 Å². The number of fused-ring (bicyclic) bond motifs is 1. The molecule has 188 valence electrons. The summed E-state index contributed by atoms with van der Waals surface area (Å²) in [6.45, 7) is 5.17. The first kappa shape index (κ1) is 24.2. The number of ether oxygens (including phenoxy) is 1. The molecule has 0 spiro atoms. The van der Waals surface area contributed by atoms with E-state index in [1.165, 1.54) is 18.2 Å². The van der Waals surface area contributed by atoms with Crippen molar-refractivity contribution in [2.24, 2.45) is 0 Å². The molecule has 0 unspecified atom stereocenters. The van der Waals surface area contributed by atoms with Crippen LogP contribution in [0.25, 0.3) is 10.9 Å². The van der Waals surface area contributed by atoms with Gasteiger partial charge in [0.1, 0.15) is 11.5 Å². The van der Waals surface area contributed by atoms with E-state index >= 15 is 0 Å². The van der Waals surface area contributed by atoms with E-state index in [1.54, 1.807) is 53.4 Å². The van der Waals surface area contributed by atoms with E-state index in [4.69, 9.17) is 4.74 Å². The van der Waals surface area contributed by atoms with Crippen LogP contribution in [0.15, 0.2) is 90.2 Å². The number of aromatic nitrogens is 2. The van der Waals surface area contributed by atoms with Crippen molar-refractivity contribution in [2.75, 3.05) is 31.1 Å². The van der Waals surface area contributed by atoms with Gasteiger partial charge in [0, 0.05) is 37.3 Å². The van der Waals surface area contributed by atoms with Gasteiger partial charge in [-0.05, 0) is 54.6 Å². The van der Waals surface area contributed by atoms with Crippen molar-refractivity contribution < 1.29 is 18.3 Å². The summed E-state index contributed by atoms with van der Waals surface area (Å²) < 4.78 is 33.5. The molecule has 3 aromatic carbocycles. The Bertz CT molecular complexity index is 1510. The van der Waals surface area contributed by atoms with Crippen molar-refractivity contribution in [1.82, 2.24) is 14.9 Å². The van der Waals surface area contributed by atoms with Crippen molar-refractivity contribution in [3.05, 3.63) is 107 Å². The monoisotopic (exact) mass is 502 g/mol. The Labute approximate surface area is 211 Å². The number of hydrogen-bond acceptors (Lipinski definition) is 5. The fourth-order valence-electron chi connectivity index (χ4n) is 4.21. The number of anilines is 1. The normalized spacial score (nSPS) is 14.0. The van der Waals surface area contributed by atoms with Crippen LogP contribution in [-0.2, 0) is 5.92 Å². The van der Waals surface area contributed by atoms with Gasteiger partial charge in [0.25, 0.3) is 17.4 Å². The molecular weight excluding hydrogens is 478 g/mol. The number of nitrogens with one attached hydrogen (secondary N) is 1. The molecule has 1 N–H and O–H groups in total. The van der Waals surface area contributed by atoms with Crippen molar-refractivity contribution >= 4 is 22.8 Å². The fraction of sp³-hybridized carbons (Fsp3) is 0.179. The number of aromatic amines is 1. The van der Waals surface area contributed by atoms with Gasteiger partial charge in [-0.15, -0.1) is 0 Å². The summed E-state index contributed by atoms with van der Waals surface area (Å²) in [5.74, 6) is -2.10. The van der Waals surface area contributed by atoms with Crippen LogP contribution in [0.3, 0.4) is 0 Å². The van der Waals surface area contributed by atoms with E-state index in [9.17, 15) is 18.4 Å². The number of alkyl halides is 2. The SMILES string of the molecule is C=CC(F)(F)c1cccc(Oc2ccc(C(=O)N3CCN(c4nc5ccccc5c(=O)[nH]4)CC3)cc2)c1. The second-order valence-corrected chi connectivity index (χ2v) is 8.67. The van der Waals surface area contributed by atoms with Gasteiger partial charge in [0.15, 0.2) is 0 Å². The molecule has 37 heavy (non-hydrogen) atoms. The molecule has 7 nitrogen and oxygen atoms in total. The lowest BCUT2D eigenvalue weighted by molar-refractivity contribution is 0.0523. The number of piperazine rings is 1. The number of rotatable bonds is 6. The molecule has 0 saturated carbocycles. The molecule has 2 heterocycles. The molecule has 0 bridgehead atoms. The highest BCUT2D eigenvalue weighted by atomic mass is 19.3. The molecule has 9 heteroatoms. The molecule has 0 aliphatic carbocycles. The van der Waals surface area contributed by atoms with Gasteiger partial charge in [0.05, 0.1) is 10.9 Å². The Morgan fingerprint density at radius 2 is 1.70 bits per heavy atom. The number of halogens is 2. The fourth-order valence-corrected chi connectivity index (χ4v) is 4.21. The molecule has 1 aliphatic rings. The van der Waals surface area contributed by atoms with E-state index in [0.717, 1.165) is 0 Å². The number of carbonyl (C=O) groups excluding carboxylic acids is 1. The van der Waals surface area contributed by atoms with Gasteiger partial charge in [-0.25, -0.2) is 4.98 Å². The van der Waals surface area contributed by atoms with E-state index in [2.05, 4.69) is 16.5 Å². The Kier molecular flexibility index (Phi) is 6.43. The van der Waals surface area contributed by atoms with Crippen LogP contribution in [-0.4, -0.2) is 47.0 Å². The van der Waals surface area contributed by atoms with Gasteiger partial charge < -0.3 is 14.5 Å². The van der Waals surface area contributed by atoms with E-state index < -0.39 is 5.92 Å². The number of amides is 1. The molecule has 1 aromatic heterocycles. The molecule has 1 fully saturated rings.